The van der Waals surface area contributed by atoms with Gasteiger partial charge in [-0.1, -0.05) is 20.8 Å². The van der Waals surface area contributed by atoms with Crippen LogP contribution in [0.1, 0.15) is 26.3 Å². The van der Waals surface area contributed by atoms with Crippen LogP contribution in [-0.2, 0) is 0 Å². The van der Waals surface area contributed by atoms with Gasteiger partial charge in [0.05, 0.1) is 23.5 Å². The number of likely N-dealkylation sites (tertiary alicyclic amines) is 1. The molecule has 0 bridgehead atoms. The molecule has 6 heteroatoms. The van der Waals surface area contributed by atoms with Gasteiger partial charge in [-0.3, -0.25) is 4.98 Å². The highest BCUT2D eigenvalue weighted by atomic mass is 16.4. The zero-order valence-electron chi connectivity index (χ0n) is 13.1. The minimum absolute atomic E-state index is 0.0125. The van der Waals surface area contributed by atoms with Gasteiger partial charge < -0.3 is 14.9 Å². The lowest BCUT2D eigenvalue weighted by Crippen LogP contribution is -2.69. The summed E-state index contributed by atoms with van der Waals surface area (Å²) >= 11 is 0. The van der Waals surface area contributed by atoms with Gasteiger partial charge in [-0.2, -0.15) is 5.26 Å². The fourth-order valence-corrected chi connectivity index (χ4v) is 3.79. The number of carboxylic acid groups (broad SMARTS) is 1. The van der Waals surface area contributed by atoms with Gasteiger partial charge in [-0.05, 0) is 11.5 Å². The summed E-state index contributed by atoms with van der Waals surface area (Å²) in [7, 11) is 0. The zero-order valence-corrected chi connectivity index (χ0v) is 13.1. The summed E-state index contributed by atoms with van der Waals surface area (Å²) in [5, 5.41) is 18.4. The highest BCUT2D eigenvalue weighted by Crippen LogP contribution is 2.55. The van der Waals surface area contributed by atoms with E-state index in [4.69, 9.17) is 5.26 Å². The number of nitriles is 1. The van der Waals surface area contributed by atoms with Crippen molar-refractivity contribution in [3.8, 4) is 6.07 Å². The Balaban J connectivity index is 1.93. The predicted octanol–water partition coefficient (Wildman–Crippen LogP) is 2.17. The number of carbonyl (C=O) groups is 1. The molecule has 116 valence electrons. The first-order chi connectivity index (χ1) is 10.3. The van der Waals surface area contributed by atoms with E-state index in [9.17, 15) is 9.90 Å². The van der Waals surface area contributed by atoms with E-state index in [2.05, 4.69) is 36.7 Å². The molecule has 0 saturated carbocycles. The van der Waals surface area contributed by atoms with E-state index in [0.717, 1.165) is 12.2 Å². The first kappa shape index (κ1) is 14.6. The molecule has 2 aliphatic heterocycles. The van der Waals surface area contributed by atoms with Gasteiger partial charge in [0, 0.05) is 31.2 Å². The average Bonchev–Trinajstić information content (AvgIpc) is 2.74. The average molecular weight is 300 g/mol. The summed E-state index contributed by atoms with van der Waals surface area (Å²) in [6.45, 7) is 8.38. The van der Waals surface area contributed by atoms with Crippen LogP contribution in [0.4, 0.5) is 10.5 Å². The van der Waals surface area contributed by atoms with E-state index in [-0.39, 0.29) is 16.9 Å². The predicted molar refractivity (Wildman–Crippen MR) is 81.6 cm³/mol. The summed E-state index contributed by atoms with van der Waals surface area (Å²) in [5.74, 6) is 0. The molecule has 3 heterocycles. The number of fused-ring (bicyclic) bond motifs is 1. The molecule has 0 aliphatic carbocycles. The van der Waals surface area contributed by atoms with Crippen molar-refractivity contribution in [1.29, 1.82) is 5.26 Å². The van der Waals surface area contributed by atoms with Gasteiger partial charge in [0.15, 0.2) is 0 Å². The third-order valence-corrected chi connectivity index (χ3v) is 5.28. The Morgan fingerprint density at radius 3 is 2.77 bits per heavy atom. The SMILES string of the molecule is CC(C)(C)[C@@]12CN(C(=O)O)C[C@@H]1N(c1cncc(C#N)c1)C2. The molecule has 1 aromatic rings. The van der Waals surface area contributed by atoms with Crippen LogP contribution in [0.2, 0.25) is 0 Å². The van der Waals surface area contributed by atoms with Crippen molar-refractivity contribution >= 4 is 11.8 Å². The lowest BCUT2D eigenvalue weighted by atomic mass is 9.58. The van der Waals surface area contributed by atoms with Crippen molar-refractivity contribution in [2.24, 2.45) is 10.8 Å². The number of hydrogen-bond donors (Lipinski definition) is 1. The molecule has 1 N–H and O–H groups in total. The maximum Gasteiger partial charge on any atom is 0.407 e. The molecule has 6 nitrogen and oxygen atoms in total. The summed E-state index contributed by atoms with van der Waals surface area (Å²) < 4.78 is 0. The normalized spacial score (nSPS) is 27.1. The number of amides is 1. The number of anilines is 1. The van der Waals surface area contributed by atoms with Crippen LogP contribution in [0.25, 0.3) is 0 Å². The Bertz CT molecular complexity index is 661. The molecule has 2 aliphatic rings. The Morgan fingerprint density at radius 2 is 2.18 bits per heavy atom. The molecule has 2 atom stereocenters. The van der Waals surface area contributed by atoms with E-state index in [0.29, 0.717) is 18.7 Å². The molecule has 0 unspecified atom stereocenters. The van der Waals surface area contributed by atoms with Crippen molar-refractivity contribution < 1.29 is 9.90 Å². The molecular weight excluding hydrogens is 280 g/mol. The smallest absolute Gasteiger partial charge is 0.407 e. The van der Waals surface area contributed by atoms with E-state index >= 15 is 0 Å². The third-order valence-electron chi connectivity index (χ3n) is 5.28. The van der Waals surface area contributed by atoms with Crippen molar-refractivity contribution in [2.75, 3.05) is 24.5 Å². The van der Waals surface area contributed by atoms with Crippen molar-refractivity contribution in [2.45, 2.75) is 26.8 Å². The maximum absolute atomic E-state index is 11.4. The summed E-state index contributed by atoms with van der Waals surface area (Å²) in [4.78, 5) is 19.2. The van der Waals surface area contributed by atoms with Gasteiger partial charge in [0.2, 0.25) is 0 Å². The molecule has 1 amide bonds. The van der Waals surface area contributed by atoms with Gasteiger partial charge >= 0.3 is 6.09 Å². The molecule has 22 heavy (non-hydrogen) atoms. The van der Waals surface area contributed by atoms with Crippen molar-refractivity contribution in [3.05, 3.63) is 24.0 Å². The number of aromatic nitrogens is 1. The van der Waals surface area contributed by atoms with Gasteiger partial charge in [0.25, 0.3) is 0 Å². The maximum atomic E-state index is 11.4. The fraction of sp³-hybridized carbons (Fsp3) is 0.562. The standard InChI is InChI=1S/C16H20N4O2/c1-15(2,3)16-9-19(14(21)22)8-13(16)20(10-16)12-4-11(5-17)6-18-7-12/h4,6-7,13H,8-10H2,1-3H3,(H,21,22)/t13-,16+/m0/s1. The first-order valence-electron chi connectivity index (χ1n) is 7.38. The van der Waals surface area contributed by atoms with Crippen LogP contribution in [0.15, 0.2) is 18.5 Å². The molecule has 2 fully saturated rings. The lowest BCUT2D eigenvalue weighted by Gasteiger charge is -2.60. The minimum Gasteiger partial charge on any atom is -0.465 e. The monoisotopic (exact) mass is 300 g/mol. The van der Waals surface area contributed by atoms with Crippen LogP contribution >= 0.6 is 0 Å². The summed E-state index contributed by atoms with van der Waals surface area (Å²) in [6, 6.07) is 4.06. The Labute approximate surface area is 130 Å². The number of pyridine rings is 1. The highest BCUT2D eigenvalue weighted by molar-refractivity contribution is 5.67. The van der Waals surface area contributed by atoms with Crippen LogP contribution < -0.4 is 4.90 Å². The third kappa shape index (κ3) is 1.92. The Kier molecular flexibility index (Phi) is 3.06. The second-order valence-corrected chi connectivity index (χ2v) is 7.26. The molecule has 3 rings (SSSR count). The van der Waals surface area contributed by atoms with E-state index in [1.54, 1.807) is 12.4 Å². The van der Waals surface area contributed by atoms with Crippen LogP contribution in [0, 0.1) is 22.2 Å². The largest absolute Gasteiger partial charge is 0.465 e. The summed E-state index contributed by atoms with van der Waals surface area (Å²) in [5.41, 5.74) is 1.39. The molecule has 0 aromatic carbocycles. The number of rotatable bonds is 1. The fourth-order valence-electron chi connectivity index (χ4n) is 3.79. The topological polar surface area (TPSA) is 80.5 Å². The minimum atomic E-state index is -0.859. The second kappa shape index (κ2) is 4.60. The van der Waals surface area contributed by atoms with Crippen molar-refractivity contribution in [1.82, 2.24) is 9.88 Å². The highest BCUT2D eigenvalue weighted by Gasteiger charge is 2.64. The quantitative estimate of drug-likeness (QED) is 0.859. The van der Waals surface area contributed by atoms with E-state index in [1.165, 1.54) is 4.90 Å². The number of hydrogen-bond acceptors (Lipinski definition) is 4. The molecule has 0 spiro atoms. The van der Waals surface area contributed by atoms with E-state index in [1.807, 2.05) is 6.07 Å². The van der Waals surface area contributed by atoms with Gasteiger partial charge in [-0.15, -0.1) is 0 Å². The van der Waals surface area contributed by atoms with E-state index < -0.39 is 6.09 Å². The van der Waals surface area contributed by atoms with Crippen LogP contribution in [-0.4, -0.2) is 46.8 Å². The van der Waals surface area contributed by atoms with Crippen molar-refractivity contribution in [3.63, 3.8) is 0 Å². The van der Waals surface area contributed by atoms with Crippen LogP contribution in [0.5, 0.6) is 0 Å². The van der Waals surface area contributed by atoms with Gasteiger partial charge in [0.1, 0.15) is 6.07 Å². The zero-order chi connectivity index (χ0) is 16.1. The Morgan fingerprint density at radius 1 is 1.45 bits per heavy atom. The Hall–Kier alpha value is -2.29. The second-order valence-electron chi connectivity index (χ2n) is 7.26. The lowest BCUT2D eigenvalue weighted by molar-refractivity contribution is 0.0309. The molecule has 1 aromatic heterocycles. The molecule has 0 radical (unpaired) electrons. The molecule has 2 saturated heterocycles. The number of nitrogens with zero attached hydrogens (tertiary/aromatic N) is 4. The van der Waals surface area contributed by atoms with Gasteiger partial charge in [-0.25, -0.2) is 4.79 Å². The molecular formula is C16H20N4O2. The van der Waals surface area contributed by atoms with Crippen LogP contribution in [0.3, 0.4) is 0 Å². The first-order valence-corrected chi connectivity index (χ1v) is 7.38. The summed E-state index contributed by atoms with van der Waals surface area (Å²) in [6.07, 6.45) is 2.43.